The van der Waals surface area contributed by atoms with Crippen LogP contribution in [0.2, 0.25) is 0 Å². The van der Waals surface area contributed by atoms with Gasteiger partial charge < -0.3 is 24.7 Å². The van der Waals surface area contributed by atoms with E-state index in [4.69, 9.17) is 14.5 Å². The van der Waals surface area contributed by atoms with Crippen molar-refractivity contribution in [2.75, 3.05) is 25.1 Å². The summed E-state index contributed by atoms with van der Waals surface area (Å²) in [5.41, 5.74) is 0.957. The minimum atomic E-state index is 0.157. The third-order valence-corrected chi connectivity index (χ3v) is 5.36. The summed E-state index contributed by atoms with van der Waals surface area (Å²) >= 11 is 0. The Balaban J connectivity index is 1.33. The highest BCUT2D eigenvalue weighted by Gasteiger charge is 2.21. The first-order chi connectivity index (χ1) is 15.2. The SMILES string of the molecule is CC(C)Oc1ccc(NC(=NCc2nnc3n2CCC3)NCCCOCC2CC2)cc1. The second-order valence-corrected chi connectivity index (χ2v) is 8.57. The molecule has 1 saturated carbocycles. The number of benzene rings is 1. The molecule has 0 spiro atoms. The van der Waals surface area contributed by atoms with Crippen LogP contribution >= 0.6 is 0 Å². The van der Waals surface area contributed by atoms with E-state index < -0.39 is 0 Å². The number of fused-ring (bicyclic) bond motifs is 1. The first-order valence-corrected chi connectivity index (χ1v) is 11.5. The Morgan fingerprint density at radius 3 is 2.84 bits per heavy atom. The highest BCUT2D eigenvalue weighted by Crippen LogP contribution is 2.28. The molecule has 8 heteroatoms. The van der Waals surface area contributed by atoms with Crippen LogP contribution in [-0.2, 0) is 24.2 Å². The third-order valence-electron chi connectivity index (χ3n) is 5.36. The summed E-state index contributed by atoms with van der Waals surface area (Å²) in [6.45, 7) is 8.00. The molecule has 1 aromatic carbocycles. The fourth-order valence-corrected chi connectivity index (χ4v) is 3.56. The predicted molar refractivity (Wildman–Crippen MR) is 121 cm³/mol. The van der Waals surface area contributed by atoms with Crippen molar-refractivity contribution in [1.82, 2.24) is 20.1 Å². The summed E-state index contributed by atoms with van der Waals surface area (Å²) in [5.74, 6) is 4.39. The molecule has 0 radical (unpaired) electrons. The van der Waals surface area contributed by atoms with Crippen LogP contribution in [0.5, 0.6) is 5.75 Å². The zero-order chi connectivity index (χ0) is 21.5. The maximum Gasteiger partial charge on any atom is 0.196 e. The Bertz CT molecular complexity index is 857. The Morgan fingerprint density at radius 1 is 1.23 bits per heavy atom. The van der Waals surface area contributed by atoms with Gasteiger partial charge in [0.05, 0.1) is 6.10 Å². The first kappa shape index (κ1) is 21.6. The molecule has 2 N–H and O–H groups in total. The van der Waals surface area contributed by atoms with E-state index in [-0.39, 0.29) is 6.10 Å². The van der Waals surface area contributed by atoms with Crippen molar-refractivity contribution in [3.8, 4) is 5.75 Å². The van der Waals surface area contributed by atoms with Crippen molar-refractivity contribution in [3.05, 3.63) is 35.9 Å². The van der Waals surface area contributed by atoms with Gasteiger partial charge in [-0.2, -0.15) is 0 Å². The van der Waals surface area contributed by atoms with Gasteiger partial charge in [-0.25, -0.2) is 4.99 Å². The fraction of sp³-hybridized carbons (Fsp3) is 0.609. The van der Waals surface area contributed by atoms with Crippen LogP contribution in [0.1, 0.15) is 51.2 Å². The molecule has 0 amide bonds. The van der Waals surface area contributed by atoms with E-state index in [9.17, 15) is 0 Å². The number of aromatic nitrogens is 3. The van der Waals surface area contributed by atoms with E-state index in [1.165, 1.54) is 12.8 Å². The summed E-state index contributed by atoms with van der Waals surface area (Å²) in [6.07, 6.45) is 5.89. The molecule has 31 heavy (non-hydrogen) atoms. The molecule has 8 nitrogen and oxygen atoms in total. The summed E-state index contributed by atoms with van der Waals surface area (Å²) in [4.78, 5) is 4.76. The van der Waals surface area contributed by atoms with Crippen LogP contribution in [0, 0.1) is 5.92 Å². The molecule has 0 atom stereocenters. The quantitative estimate of drug-likeness (QED) is 0.325. The number of hydrogen-bond acceptors (Lipinski definition) is 5. The number of ether oxygens (including phenoxy) is 2. The van der Waals surface area contributed by atoms with Crippen molar-refractivity contribution in [2.24, 2.45) is 10.9 Å². The fourth-order valence-electron chi connectivity index (χ4n) is 3.56. The molecule has 4 rings (SSSR count). The molecule has 2 aliphatic rings. The maximum absolute atomic E-state index is 5.74. The van der Waals surface area contributed by atoms with Crippen molar-refractivity contribution in [3.63, 3.8) is 0 Å². The van der Waals surface area contributed by atoms with Gasteiger partial charge in [-0.3, -0.25) is 0 Å². The Labute approximate surface area is 184 Å². The van der Waals surface area contributed by atoms with Crippen LogP contribution < -0.4 is 15.4 Å². The summed E-state index contributed by atoms with van der Waals surface area (Å²) in [6, 6.07) is 7.94. The van der Waals surface area contributed by atoms with E-state index in [0.29, 0.717) is 6.54 Å². The molecule has 1 fully saturated rings. The van der Waals surface area contributed by atoms with Crippen LogP contribution in [0.15, 0.2) is 29.3 Å². The topological polar surface area (TPSA) is 85.6 Å². The molecular weight excluding hydrogens is 392 g/mol. The number of hydrogen-bond donors (Lipinski definition) is 2. The van der Waals surface area contributed by atoms with Gasteiger partial charge in [0.15, 0.2) is 11.8 Å². The maximum atomic E-state index is 5.74. The zero-order valence-corrected chi connectivity index (χ0v) is 18.6. The second-order valence-electron chi connectivity index (χ2n) is 8.57. The minimum absolute atomic E-state index is 0.157. The lowest BCUT2D eigenvalue weighted by molar-refractivity contribution is 0.123. The number of rotatable bonds is 11. The lowest BCUT2D eigenvalue weighted by Gasteiger charge is -2.14. The Morgan fingerprint density at radius 2 is 2.06 bits per heavy atom. The standard InChI is InChI=1S/C23H34N6O2/c1-17(2)31-20-10-8-19(9-11-20)26-23(24-12-4-14-30-16-18-6-7-18)25-15-22-28-27-21-5-3-13-29(21)22/h8-11,17-18H,3-7,12-16H2,1-2H3,(H2,24,25,26). The van der Waals surface area contributed by atoms with E-state index in [1.54, 1.807) is 0 Å². The summed E-state index contributed by atoms with van der Waals surface area (Å²) in [5, 5.41) is 15.4. The van der Waals surface area contributed by atoms with Crippen LogP contribution in [-0.4, -0.2) is 46.6 Å². The average molecular weight is 427 g/mol. The van der Waals surface area contributed by atoms with E-state index in [0.717, 1.165) is 80.5 Å². The van der Waals surface area contributed by atoms with Gasteiger partial charge in [0.2, 0.25) is 0 Å². The number of aliphatic imine (C=N–C) groups is 1. The molecule has 1 aliphatic heterocycles. The molecule has 1 aliphatic carbocycles. The molecule has 0 saturated heterocycles. The lowest BCUT2D eigenvalue weighted by Crippen LogP contribution is -2.32. The Hall–Kier alpha value is -2.61. The highest BCUT2D eigenvalue weighted by atomic mass is 16.5. The second kappa shape index (κ2) is 10.6. The number of nitrogens with zero attached hydrogens (tertiary/aromatic N) is 4. The number of guanidine groups is 1. The predicted octanol–water partition coefficient (Wildman–Crippen LogP) is 3.39. The van der Waals surface area contributed by atoms with Gasteiger partial charge in [0.1, 0.15) is 18.1 Å². The van der Waals surface area contributed by atoms with Crippen LogP contribution in [0.4, 0.5) is 5.69 Å². The monoisotopic (exact) mass is 426 g/mol. The van der Waals surface area contributed by atoms with E-state index in [1.807, 2.05) is 38.1 Å². The minimum Gasteiger partial charge on any atom is -0.491 e. The van der Waals surface area contributed by atoms with Gasteiger partial charge in [0, 0.05) is 38.4 Å². The molecule has 168 valence electrons. The Kier molecular flexibility index (Phi) is 7.40. The number of aryl methyl sites for hydroxylation is 1. The molecular formula is C23H34N6O2. The average Bonchev–Trinajstić information content (AvgIpc) is 3.31. The van der Waals surface area contributed by atoms with Crippen LogP contribution in [0.3, 0.4) is 0 Å². The van der Waals surface area contributed by atoms with Crippen molar-refractivity contribution >= 4 is 11.6 Å². The molecule has 0 unspecified atom stereocenters. The number of anilines is 1. The van der Waals surface area contributed by atoms with Crippen molar-refractivity contribution in [1.29, 1.82) is 0 Å². The normalized spacial score (nSPS) is 15.9. The number of nitrogens with one attached hydrogen (secondary N) is 2. The molecule has 2 heterocycles. The summed E-state index contributed by atoms with van der Waals surface area (Å²) in [7, 11) is 0. The van der Waals surface area contributed by atoms with Crippen LogP contribution in [0.25, 0.3) is 0 Å². The zero-order valence-electron chi connectivity index (χ0n) is 18.6. The molecule has 1 aromatic heterocycles. The first-order valence-electron chi connectivity index (χ1n) is 11.5. The summed E-state index contributed by atoms with van der Waals surface area (Å²) < 4.78 is 13.7. The van der Waals surface area contributed by atoms with Gasteiger partial charge >= 0.3 is 0 Å². The van der Waals surface area contributed by atoms with Crippen molar-refractivity contribution in [2.45, 2.75) is 65.1 Å². The van der Waals surface area contributed by atoms with Crippen molar-refractivity contribution < 1.29 is 9.47 Å². The van der Waals surface area contributed by atoms with Gasteiger partial charge in [-0.15, -0.1) is 10.2 Å². The van der Waals surface area contributed by atoms with E-state index in [2.05, 4.69) is 25.4 Å². The smallest absolute Gasteiger partial charge is 0.196 e. The van der Waals surface area contributed by atoms with Gasteiger partial charge in [-0.1, -0.05) is 0 Å². The van der Waals surface area contributed by atoms with E-state index >= 15 is 0 Å². The van der Waals surface area contributed by atoms with Gasteiger partial charge in [0.25, 0.3) is 0 Å². The largest absolute Gasteiger partial charge is 0.491 e. The highest BCUT2D eigenvalue weighted by molar-refractivity contribution is 5.93. The molecule has 0 bridgehead atoms. The lowest BCUT2D eigenvalue weighted by atomic mass is 10.3. The molecule has 2 aromatic rings. The van der Waals surface area contributed by atoms with Gasteiger partial charge in [-0.05, 0) is 69.7 Å². The third kappa shape index (κ3) is 6.69.